The molecule has 2 heteroatoms. The van der Waals surface area contributed by atoms with Crippen LogP contribution in [-0.4, -0.2) is 0 Å². The fraction of sp³-hybridized carbons (Fsp3) is 0. The van der Waals surface area contributed by atoms with Crippen LogP contribution in [0.5, 0.6) is 0 Å². The smallest absolute Gasteiger partial charge is 0.0640 e. The Kier molecular flexibility index (Phi) is 3.69. The van der Waals surface area contributed by atoms with E-state index in [-0.39, 0.29) is 0 Å². The van der Waals surface area contributed by atoms with Crippen molar-refractivity contribution in [3.05, 3.63) is 103 Å². The first-order valence-corrected chi connectivity index (χ1v) is 9.54. The van der Waals surface area contributed by atoms with E-state index in [9.17, 15) is 0 Å². The van der Waals surface area contributed by atoms with E-state index >= 15 is 0 Å². The van der Waals surface area contributed by atoms with Crippen molar-refractivity contribution >= 4 is 48.6 Å². The van der Waals surface area contributed by atoms with Gasteiger partial charge in [-0.15, -0.1) is 11.3 Å². The molecule has 0 saturated heterocycles. The van der Waals surface area contributed by atoms with Gasteiger partial charge >= 0.3 is 0 Å². The number of rotatable bonds is 3. The lowest BCUT2D eigenvalue weighted by Crippen LogP contribution is -2.09. The lowest BCUT2D eigenvalue weighted by atomic mass is 10.1. The standard InChI is InChI=1S/C24H17NS/c1-3-10-18(11-4-1)25(19-12-5-2-6-13-19)22-16-9-15-21-20-14-7-8-17-23(20)26-24(21)22/h1-17H. The van der Waals surface area contributed by atoms with E-state index < -0.39 is 0 Å². The number of anilines is 3. The summed E-state index contributed by atoms with van der Waals surface area (Å²) in [6.45, 7) is 0. The van der Waals surface area contributed by atoms with Gasteiger partial charge in [-0.2, -0.15) is 0 Å². The fourth-order valence-corrected chi connectivity index (χ4v) is 4.70. The minimum Gasteiger partial charge on any atom is -0.309 e. The number of fused-ring (bicyclic) bond motifs is 3. The Hall–Kier alpha value is -3.10. The van der Waals surface area contributed by atoms with Crippen molar-refractivity contribution in [1.82, 2.24) is 0 Å². The highest BCUT2D eigenvalue weighted by molar-refractivity contribution is 7.26. The van der Waals surface area contributed by atoms with Crippen LogP contribution in [-0.2, 0) is 0 Å². The highest BCUT2D eigenvalue weighted by atomic mass is 32.1. The summed E-state index contributed by atoms with van der Waals surface area (Å²) in [4.78, 5) is 2.34. The molecule has 124 valence electrons. The summed E-state index contributed by atoms with van der Waals surface area (Å²) < 4.78 is 2.65. The molecular weight excluding hydrogens is 334 g/mol. The minimum atomic E-state index is 1.17. The van der Waals surface area contributed by atoms with E-state index in [1.807, 2.05) is 11.3 Å². The van der Waals surface area contributed by atoms with Gasteiger partial charge in [-0.3, -0.25) is 0 Å². The van der Waals surface area contributed by atoms with Crippen LogP contribution in [0.15, 0.2) is 103 Å². The molecule has 0 atom stereocenters. The van der Waals surface area contributed by atoms with Crippen molar-refractivity contribution in [2.45, 2.75) is 0 Å². The molecule has 0 aliphatic carbocycles. The molecule has 0 amide bonds. The fourth-order valence-electron chi connectivity index (χ4n) is 3.49. The van der Waals surface area contributed by atoms with Crippen LogP contribution in [0.1, 0.15) is 0 Å². The van der Waals surface area contributed by atoms with E-state index in [4.69, 9.17) is 0 Å². The quantitative estimate of drug-likeness (QED) is 0.325. The second kappa shape index (κ2) is 6.32. The summed E-state index contributed by atoms with van der Waals surface area (Å²) in [6, 6.07) is 36.4. The van der Waals surface area contributed by atoms with Crippen LogP contribution in [0.4, 0.5) is 17.1 Å². The highest BCUT2D eigenvalue weighted by Crippen LogP contribution is 2.44. The molecule has 0 fully saturated rings. The van der Waals surface area contributed by atoms with Crippen molar-refractivity contribution in [3.63, 3.8) is 0 Å². The van der Waals surface area contributed by atoms with Gasteiger partial charge in [0, 0.05) is 26.8 Å². The Morgan fingerprint density at radius 3 is 1.77 bits per heavy atom. The topological polar surface area (TPSA) is 3.24 Å². The normalized spacial score (nSPS) is 11.1. The van der Waals surface area contributed by atoms with Crippen LogP contribution < -0.4 is 4.90 Å². The predicted octanol–water partition coefficient (Wildman–Crippen LogP) is 7.52. The third kappa shape index (κ3) is 2.47. The van der Waals surface area contributed by atoms with E-state index in [0.717, 1.165) is 0 Å². The van der Waals surface area contributed by atoms with Crippen LogP contribution in [0.3, 0.4) is 0 Å². The lowest BCUT2D eigenvalue weighted by molar-refractivity contribution is 1.30. The zero-order valence-electron chi connectivity index (χ0n) is 14.2. The zero-order chi connectivity index (χ0) is 17.3. The zero-order valence-corrected chi connectivity index (χ0v) is 15.0. The molecule has 0 radical (unpaired) electrons. The number of hydrogen-bond acceptors (Lipinski definition) is 2. The van der Waals surface area contributed by atoms with E-state index in [1.54, 1.807) is 0 Å². The van der Waals surface area contributed by atoms with Crippen molar-refractivity contribution in [3.8, 4) is 0 Å². The largest absolute Gasteiger partial charge is 0.309 e. The molecule has 0 N–H and O–H groups in total. The minimum absolute atomic E-state index is 1.17. The Labute approximate surface area is 156 Å². The molecule has 0 unspecified atom stereocenters. The second-order valence-corrected chi connectivity index (χ2v) is 7.31. The summed E-state index contributed by atoms with van der Waals surface area (Å²) in [5, 5.41) is 2.65. The maximum absolute atomic E-state index is 2.34. The van der Waals surface area contributed by atoms with Gasteiger partial charge in [0.1, 0.15) is 0 Å². The molecule has 0 aliphatic rings. The van der Waals surface area contributed by atoms with Gasteiger partial charge in [0.05, 0.1) is 10.4 Å². The van der Waals surface area contributed by atoms with Gasteiger partial charge in [0.25, 0.3) is 0 Å². The van der Waals surface area contributed by atoms with E-state index in [2.05, 4.69) is 108 Å². The molecule has 4 aromatic carbocycles. The average molecular weight is 351 g/mol. The SMILES string of the molecule is c1ccc(N(c2ccccc2)c2cccc3c2sc2ccccc23)cc1. The molecule has 5 aromatic rings. The average Bonchev–Trinajstić information content (AvgIpc) is 3.10. The summed E-state index contributed by atoms with van der Waals surface area (Å²) >= 11 is 1.86. The number of nitrogens with zero attached hydrogens (tertiary/aromatic N) is 1. The van der Waals surface area contributed by atoms with Crippen molar-refractivity contribution < 1.29 is 0 Å². The first kappa shape index (κ1) is 15.2. The maximum Gasteiger partial charge on any atom is 0.0640 e. The van der Waals surface area contributed by atoms with Crippen molar-refractivity contribution in [1.29, 1.82) is 0 Å². The second-order valence-electron chi connectivity index (χ2n) is 6.26. The monoisotopic (exact) mass is 351 g/mol. The summed E-state index contributed by atoms with van der Waals surface area (Å²) in [5.41, 5.74) is 3.56. The van der Waals surface area contributed by atoms with Gasteiger partial charge in [0.2, 0.25) is 0 Å². The van der Waals surface area contributed by atoms with Gasteiger partial charge in [-0.1, -0.05) is 66.7 Å². The highest BCUT2D eigenvalue weighted by Gasteiger charge is 2.17. The molecule has 0 spiro atoms. The molecular formula is C24H17NS. The molecule has 1 heterocycles. The Morgan fingerprint density at radius 2 is 1.08 bits per heavy atom. The van der Waals surface area contributed by atoms with Crippen molar-refractivity contribution in [2.24, 2.45) is 0 Å². The molecule has 5 rings (SSSR count). The molecule has 1 nitrogen and oxygen atoms in total. The van der Waals surface area contributed by atoms with Crippen LogP contribution in [0.25, 0.3) is 20.2 Å². The molecule has 0 aliphatic heterocycles. The van der Waals surface area contributed by atoms with Crippen molar-refractivity contribution in [2.75, 3.05) is 4.90 Å². The predicted molar refractivity (Wildman–Crippen MR) is 114 cm³/mol. The molecule has 0 bridgehead atoms. The van der Waals surface area contributed by atoms with Crippen LogP contribution in [0, 0.1) is 0 Å². The summed E-state index contributed by atoms with van der Waals surface area (Å²) in [7, 11) is 0. The molecule has 0 saturated carbocycles. The first-order valence-electron chi connectivity index (χ1n) is 8.72. The van der Waals surface area contributed by atoms with E-state index in [0.29, 0.717) is 0 Å². The Balaban J connectivity index is 1.82. The maximum atomic E-state index is 2.34. The van der Waals surface area contributed by atoms with Gasteiger partial charge < -0.3 is 4.90 Å². The summed E-state index contributed by atoms with van der Waals surface area (Å²) in [6.07, 6.45) is 0. The summed E-state index contributed by atoms with van der Waals surface area (Å²) in [5.74, 6) is 0. The Morgan fingerprint density at radius 1 is 0.500 bits per heavy atom. The van der Waals surface area contributed by atoms with Gasteiger partial charge in [-0.25, -0.2) is 0 Å². The van der Waals surface area contributed by atoms with Gasteiger partial charge in [0.15, 0.2) is 0 Å². The number of para-hydroxylation sites is 2. The lowest BCUT2D eigenvalue weighted by Gasteiger charge is -2.25. The number of benzene rings is 4. The Bertz CT molecular complexity index is 1140. The van der Waals surface area contributed by atoms with Crippen LogP contribution in [0.2, 0.25) is 0 Å². The first-order chi connectivity index (χ1) is 12.9. The third-order valence-electron chi connectivity index (χ3n) is 4.65. The van der Waals surface area contributed by atoms with E-state index in [1.165, 1.54) is 37.2 Å². The molecule has 26 heavy (non-hydrogen) atoms. The number of hydrogen-bond donors (Lipinski definition) is 0. The third-order valence-corrected chi connectivity index (χ3v) is 5.86. The van der Waals surface area contributed by atoms with Crippen LogP contribution >= 0.6 is 11.3 Å². The van der Waals surface area contributed by atoms with Gasteiger partial charge in [-0.05, 0) is 36.4 Å². The number of thiophene rings is 1. The molecule has 1 aromatic heterocycles.